The molecule has 0 radical (unpaired) electrons. The summed E-state index contributed by atoms with van der Waals surface area (Å²) in [5.74, 6) is 1.16. The Morgan fingerprint density at radius 2 is 1.69 bits per heavy atom. The molecule has 0 heterocycles. The van der Waals surface area contributed by atoms with Gasteiger partial charge in [0.1, 0.15) is 0 Å². The van der Waals surface area contributed by atoms with E-state index in [2.05, 4.69) is 33.8 Å². The number of rotatable bonds is 2. The van der Waals surface area contributed by atoms with E-state index in [9.17, 15) is 4.79 Å². The first-order valence-electron chi connectivity index (χ1n) is 4.96. The molecule has 0 aromatic heterocycles. The number of hydrogen-bond donors (Lipinski definition) is 0. The first-order valence-corrected chi connectivity index (χ1v) is 4.96. The average Bonchev–Trinajstić information content (AvgIpc) is 2.03. The van der Waals surface area contributed by atoms with Crippen LogP contribution in [0.3, 0.4) is 0 Å². The van der Waals surface area contributed by atoms with Crippen LogP contribution >= 0.6 is 0 Å². The Kier molecular flexibility index (Phi) is 3.07. The smallest absolute Gasteiger partial charge is 0.163 e. The van der Waals surface area contributed by atoms with Gasteiger partial charge in [-0.2, -0.15) is 0 Å². The zero-order valence-electron chi connectivity index (χ0n) is 8.92. The highest BCUT2D eigenvalue weighted by atomic mass is 16.1. The van der Waals surface area contributed by atoms with E-state index in [1.54, 1.807) is 0 Å². The second kappa shape index (κ2) is 3.91. The number of carbonyl (C=O) groups excluding carboxylic acids is 1. The van der Waals surface area contributed by atoms with Crippen LogP contribution in [0.2, 0.25) is 0 Å². The minimum Gasteiger partial charge on any atom is -0.294 e. The van der Waals surface area contributed by atoms with Crippen LogP contribution in [-0.4, -0.2) is 5.78 Å². The van der Waals surface area contributed by atoms with Gasteiger partial charge in [0.05, 0.1) is 0 Å². The summed E-state index contributed by atoms with van der Waals surface area (Å²) in [5.41, 5.74) is 2.24. The molecule has 1 nitrogen and oxygen atoms in total. The Bertz CT molecular complexity index is 267. The molecule has 13 heavy (non-hydrogen) atoms. The first-order chi connectivity index (χ1) is 6.02. The third-order valence-electron chi connectivity index (χ3n) is 2.53. The van der Waals surface area contributed by atoms with Gasteiger partial charge >= 0.3 is 0 Å². The molecule has 0 fully saturated rings. The maximum atomic E-state index is 11.6. The van der Waals surface area contributed by atoms with Crippen LogP contribution in [-0.2, 0) is 4.79 Å². The second-order valence-electron chi connectivity index (χ2n) is 4.27. The van der Waals surface area contributed by atoms with E-state index in [1.165, 1.54) is 5.57 Å². The number of hydrogen-bond acceptors (Lipinski definition) is 1. The SMILES string of the molecule is CC(C)C1=CC=C(C(C)C)C(=O)C1. The third kappa shape index (κ3) is 2.30. The zero-order valence-corrected chi connectivity index (χ0v) is 8.92. The summed E-state index contributed by atoms with van der Waals surface area (Å²) in [6.07, 6.45) is 4.73. The molecule has 0 saturated heterocycles. The molecule has 0 bridgehead atoms. The molecule has 0 N–H and O–H groups in total. The van der Waals surface area contributed by atoms with E-state index >= 15 is 0 Å². The van der Waals surface area contributed by atoms with Gasteiger partial charge in [0.15, 0.2) is 5.78 Å². The lowest BCUT2D eigenvalue weighted by atomic mass is 9.86. The monoisotopic (exact) mass is 178 g/mol. The van der Waals surface area contributed by atoms with Crippen molar-refractivity contribution in [1.82, 2.24) is 0 Å². The van der Waals surface area contributed by atoms with E-state index in [-0.39, 0.29) is 0 Å². The first kappa shape index (κ1) is 10.2. The van der Waals surface area contributed by atoms with E-state index in [1.807, 2.05) is 6.08 Å². The summed E-state index contributed by atoms with van der Waals surface area (Å²) >= 11 is 0. The minimum atomic E-state index is 0.307. The highest BCUT2D eigenvalue weighted by Crippen LogP contribution is 2.24. The van der Waals surface area contributed by atoms with Crippen molar-refractivity contribution in [2.24, 2.45) is 11.8 Å². The highest BCUT2D eigenvalue weighted by Gasteiger charge is 2.19. The van der Waals surface area contributed by atoms with Crippen molar-refractivity contribution < 1.29 is 4.79 Å². The molecule has 0 saturated carbocycles. The maximum absolute atomic E-state index is 11.6. The van der Waals surface area contributed by atoms with Gasteiger partial charge in [0.2, 0.25) is 0 Å². The average molecular weight is 178 g/mol. The van der Waals surface area contributed by atoms with Gasteiger partial charge in [-0.15, -0.1) is 0 Å². The lowest BCUT2D eigenvalue weighted by Gasteiger charge is -2.18. The van der Waals surface area contributed by atoms with Crippen molar-refractivity contribution in [3.05, 3.63) is 23.3 Å². The molecule has 0 atom stereocenters. The Morgan fingerprint density at radius 3 is 2.08 bits per heavy atom. The number of Topliss-reactive ketones (excluding diaryl/α,β-unsaturated/α-hetero) is 1. The predicted molar refractivity (Wildman–Crippen MR) is 55.5 cm³/mol. The Labute approximate surface area is 80.5 Å². The molecule has 0 aromatic carbocycles. The van der Waals surface area contributed by atoms with Gasteiger partial charge < -0.3 is 0 Å². The third-order valence-corrected chi connectivity index (χ3v) is 2.53. The Hall–Kier alpha value is -0.850. The predicted octanol–water partition coefficient (Wildman–Crippen LogP) is 3.12. The minimum absolute atomic E-state index is 0.307. The van der Waals surface area contributed by atoms with Crippen LogP contribution in [0.4, 0.5) is 0 Å². The highest BCUT2D eigenvalue weighted by molar-refractivity contribution is 5.98. The molecule has 0 amide bonds. The lowest BCUT2D eigenvalue weighted by molar-refractivity contribution is -0.115. The topological polar surface area (TPSA) is 17.1 Å². The Morgan fingerprint density at radius 1 is 1.08 bits per heavy atom. The molecule has 1 heteroatoms. The van der Waals surface area contributed by atoms with Crippen molar-refractivity contribution in [3.63, 3.8) is 0 Å². The van der Waals surface area contributed by atoms with E-state index < -0.39 is 0 Å². The normalized spacial score (nSPS) is 17.8. The lowest BCUT2D eigenvalue weighted by Crippen LogP contribution is -2.14. The largest absolute Gasteiger partial charge is 0.294 e. The molecule has 1 rings (SSSR count). The van der Waals surface area contributed by atoms with Crippen molar-refractivity contribution in [1.29, 1.82) is 0 Å². The van der Waals surface area contributed by atoms with E-state index in [0.29, 0.717) is 24.0 Å². The molecule has 0 unspecified atom stereocenters. The fraction of sp³-hybridized carbons (Fsp3) is 0.583. The van der Waals surface area contributed by atoms with Gasteiger partial charge in [-0.05, 0) is 17.4 Å². The van der Waals surface area contributed by atoms with Crippen molar-refractivity contribution in [3.8, 4) is 0 Å². The number of carbonyl (C=O) groups is 1. The number of ketones is 1. The zero-order chi connectivity index (χ0) is 10.0. The van der Waals surface area contributed by atoms with Crippen LogP contribution in [0.1, 0.15) is 34.1 Å². The van der Waals surface area contributed by atoms with Gasteiger partial charge in [-0.25, -0.2) is 0 Å². The van der Waals surface area contributed by atoms with Gasteiger partial charge in [-0.3, -0.25) is 4.79 Å². The maximum Gasteiger partial charge on any atom is 0.163 e. The van der Waals surface area contributed by atoms with Crippen molar-refractivity contribution in [2.75, 3.05) is 0 Å². The molecule has 1 aliphatic rings. The summed E-state index contributed by atoms with van der Waals surface area (Å²) in [5, 5.41) is 0. The quantitative estimate of drug-likeness (QED) is 0.635. The van der Waals surface area contributed by atoms with Crippen LogP contribution < -0.4 is 0 Å². The van der Waals surface area contributed by atoms with Crippen LogP contribution in [0, 0.1) is 11.8 Å². The summed E-state index contributed by atoms with van der Waals surface area (Å²) in [6.45, 7) is 8.40. The molecule has 0 spiro atoms. The fourth-order valence-corrected chi connectivity index (χ4v) is 1.55. The van der Waals surface area contributed by atoms with Gasteiger partial charge in [0.25, 0.3) is 0 Å². The summed E-state index contributed by atoms with van der Waals surface area (Å²) in [4.78, 5) is 11.6. The number of allylic oxidation sites excluding steroid dienone is 4. The standard InChI is InChI=1S/C12H18O/c1-8(2)10-5-6-11(9(3)4)12(13)7-10/h5-6,8-9H,7H2,1-4H3. The molecular weight excluding hydrogens is 160 g/mol. The van der Waals surface area contributed by atoms with E-state index in [4.69, 9.17) is 0 Å². The fourth-order valence-electron chi connectivity index (χ4n) is 1.55. The molecule has 1 aliphatic carbocycles. The van der Waals surface area contributed by atoms with E-state index in [0.717, 1.165) is 5.57 Å². The van der Waals surface area contributed by atoms with Crippen LogP contribution in [0.5, 0.6) is 0 Å². The molecular formula is C12H18O. The molecule has 0 aliphatic heterocycles. The second-order valence-corrected chi connectivity index (χ2v) is 4.27. The van der Waals surface area contributed by atoms with Gasteiger partial charge in [-0.1, -0.05) is 45.4 Å². The van der Waals surface area contributed by atoms with Crippen LogP contribution in [0.25, 0.3) is 0 Å². The van der Waals surface area contributed by atoms with Gasteiger partial charge in [0, 0.05) is 6.42 Å². The Balaban J connectivity index is 2.87. The van der Waals surface area contributed by atoms with Crippen molar-refractivity contribution >= 4 is 5.78 Å². The summed E-state index contributed by atoms with van der Waals surface area (Å²) in [6, 6.07) is 0. The van der Waals surface area contributed by atoms with Crippen molar-refractivity contribution in [2.45, 2.75) is 34.1 Å². The van der Waals surface area contributed by atoms with Crippen LogP contribution in [0.15, 0.2) is 23.3 Å². The summed E-state index contributed by atoms with van der Waals surface area (Å²) in [7, 11) is 0. The summed E-state index contributed by atoms with van der Waals surface area (Å²) < 4.78 is 0. The molecule has 72 valence electrons. The molecule has 0 aromatic rings.